The van der Waals surface area contributed by atoms with Crippen LogP contribution in [0.2, 0.25) is 0 Å². The molecule has 1 heterocycles. The highest BCUT2D eigenvalue weighted by Crippen LogP contribution is 2.09. The van der Waals surface area contributed by atoms with Crippen LogP contribution in [-0.4, -0.2) is 33.0 Å². The predicted octanol–water partition coefficient (Wildman–Crippen LogP) is 0.896. The van der Waals surface area contributed by atoms with Crippen LogP contribution in [0.15, 0.2) is 24.3 Å². The van der Waals surface area contributed by atoms with Gasteiger partial charge in [0.2, 0.25) is 5.91 Å². The van der Waals surface area contributed by atoms with Gasteiger partial charge in [-0.25, -0.2) is 4.98 Å². The van der Waals surface area contributed by atoms with Crippen LogP contribution < -0.4 is 5.73 Å². The molecule has 0 saturated carbocycles. The number of benzene rings is 1. The number of nitrogens with one attached hydrogen (secondary N) is 1. The molecule has 2 rings (SSSR count). The van der Waals surface area contributed by atoms with Gasteiger partial charge in [0.05, 0.1) is 13.0 Å². The summed E-state index contributed by atoms with van der Waals surface area (Å²) in [6.45, 7) is 2.22. The van der Waals surface area contributed by atoms with E-state index in [0.29, 0.717) is 24.5 Å². The Kier molecular flexibility index (Phi) is 3.79. The van der Waals surface area contributed by atoms with E-state index in [1.807, 2.05) is 25.1 Å². The van der Waals surface area contributed by atoms with Gasteiger partial charge in [-0.2, -0.15) is 5.10 Å². The molecule has 6 heteroatoms. The standard InChI is InChI=1S/C13H17N5O/c1-9-15-12(17-16-9)8-18(2)13(19)7-10-4-3-5-11(14)6-10/h3-6H,7-8,14H2,1-2H3,(H,15,16,17). The van der Waals surface area contributed by atoms with Crippen LogP contribution in [0.4, 0.5) is 5.69 Å². The minimum atomic E-state index is 0.00746. The van der Waals surface area contributed by atoms with E-state index in [-0.39, 0.29) is 5.91 Å². The number of nitrogens with two attached hydrogens (primary N) is 1. The molecule has 6 nitrogen and oxygen atoms in total. The third-order valence-electron chi connectivity index (χ3n) is 2.75. The van der Waals surface area contributed by atoms with Crippen molar-refractivity contribution in [2.24, 2.45) is 0 Å². The lowest BCUT2D eigenvalue weighted by molar-refractivity contribution is -0.129. The first kappa shape index (κ1) is 13.1. The SMILES string of the molecule is Cc1nc(CN(C)C(=O)Cc2cccc(N)c2)n[nH]1. The number of amides is 1. The smallest absolute Gasteiger partial charge is 0.227 e. The molecule has 19 heavy (non-hydrogen) atoms. The Labute approximate surface area is 111 Å². The number of H-pyrrole nitrogens is 1. The third kappa shape index (κ3) is 3.54. The summed E-state index contributed by atoms with van der Waals surface area (Å²) in [5.74, 6) is 1.36. The van der Waals surface area contributed by atoms with Crippen LogP contribution in [0.1, 0.15) is 17.2 Å². The molecule has 100 valence electrons. The Hall–Kier alpha value is -2.37. The molecule has 0 radical (unpaired) electrons. The second kappa shape index (κ2) is 5.51. The third-order valence-corrected chi connectivity index (χ3v) is 2.75. The lowest BCUT2D eigenvalue weighted by atomic mass is 10.1. The fourth-order valence-corrected chi connectivity index (χ4v) is 1.77. The normalized spacial score (nSPS) is 10.4. The van der Waals surface area contributed by atoms with E-state index in [0.717, 1.165) is 11.4 Å². The summed E-state index contributed by atoms with van der Waals surface area (Å²) in [5.41, 5.74) is 7.26. The lowest BCUT2D eigenvalue weighted by Crippen LogP contribution is -2.28. The van der Waals surface area contributed by atoms with Gasteiger partial charge in [0.1, 0.15) is 5.82 Å². The number of hydrogen-bond acceptors (Lipinski definition) is 4. The van der Waals surface area contributed by atoms with Gasteiger partial charge in [-0.3, -0.25) is 9.89 Å². The van der Waals surface area contributed by atoms with E-state index in [2.05, 4.69) is 15.2 Å². The topological polar surface area (TPSA) is 87.9 Å². The molecule has 2 aromatic rings. The number of hydrogen-bond donors (Lipinski definition) is 2. The molecule has 0 aliphatic heterocycles. The zero-order valence-corrected chi connectivity index (χ0v) is 11.1. The van der Waals surface area contributed by atoms with Gasteiger partial charge in [-0.15, -0.1) is 0 Å². The van der Waals surface area contributed by atoms with Crippen molar-refractivity contribution in [2.45, 2.75) is 19.9 Å². The van der Waals surface area contributed by atoms with Gasteiger partial charge < -0.3 is 10.6 Å². The number of anilines is 1. The maximum Gasteiger partial charge on any atom is 0.227 e. The number of nitrogens with zero attached hydrogens (tertiary/aromatic N) is 3. The fourth-order valence-electron chi connectivity index (χ4n) is 1.77. The first-order chi connectivity index (χ1) is 9.04. The summed E-state index contributed by atoms with van der Waals surface area (Å²) in [7, 11) is 1.74. The Morgan fingerprint density at radius 1 is 1.47 bits per heavy atom. The molecule has 0 fully saturated rings. The van der Waals surface area contributed by atoms with Crippen molar-refractivity contribution >= 4 is 11.6 Å². The molecular formula is C13H17N5O. The maximum absolute atomic E-state index is 12.1. The van der Waals surface area contributed by atoms with Crippen molar-refractivity contribution in [3.05, 3.63) is 41.5 Å². The van der Waals surface area contributed by atoms with Crippen molar-refractivity contribution in [3.63, 3.8) is 0 Å². The van der Waals surface area contributed by atoms with Crippen LogP contribution in [0.25, 0.3) is 0 Å². The molecule has 0 spiro atoms. The average Bonchev–Trinajstić information content (AvgIpc) is 2.74. The summed E-state index contributed by atoms with van der Waals surface area (Å²) in [6, 6.07) is 7.34. The highest BCUT2D eigenvalue weighted by Gasteiger charge is 2.12. The van der Waals surface area contributed by atoms with Crippen LogP contribution >= 0.6 is 0 Å². The van der Waals surface area contributed by atoms with Crippen molar-refractivity contribution in [1.82, 2.24) is 20.1 Å². The van der Waals surface area contributed by atoms with E-state index in [1.54, 1.807) is 18.0 Å². The number of rotatable bonds is 4. The fraction of sp³-hybridized carbons (Fsp3) is 0.308. The summed E-state index contributed by atoms with van der Waals surface area (Å²) < 4.78 is 0. The van der Waals surface area contributed by atoms with Crippen molar-refractivity contribution < 1.29 is 4.79 Å². The number of aromatic amines is 1. The predicted molar refractivity (Wildman–Crippen MR) is 72.2 cm³/mol. The zero-order chi connectivity index (χ0) is 13.8. The van der Waals surface area contributed by atoms with Gasteiger partial charge >= 0.3 is 0 Å². The van der Waals surface area contributed by atoms with Crippen LogP contribution in [0, 0.1) is 6.92 Å². The van der Waals surface area contributed by atoms with Crippen molar-refractivity contribution in [1.29, 1.82) is 0 Å². The summed E-state index contributed by atoms with van der Waals surface area (Å²) in [4.78, 5) is 17.8. The van der Waals surface area contributed by atoms with Gasteiger partial charge in [0.25, 0.3) is 0 Å². The molecule has 0 saturated heterocycles. The lowest BCUT2D eigenvalue weighted by Gasteiger charge is -2.15. The van der Waals surface area contributed by atoms with E-state index in [1.165, 1.54) is 0 Å². The molecule has 1 amide bonds. The van der Waals surface area contributed by atoms with Gasteiger partial charge in [-0.05, 0) is 24.6 Å². The Bertz CT molecular complexity index is 578. The van der Waals surface area contributed by atoms with Crippen LogP contribution in [0.5, 0.6) is 0 Å². The summed E-state index contributed by atoms with van der Waals surface area (Å²) in [5, 5.41) is 6.76. The summed E-state index contributed by atoms with van der Waals surface area (Å²) >= 11 is 0. The second-order valence-corrected chi connectivity index (χ2v) is 4.51. The number of likely N-dealkylation sites (N-methyl/N-ethyl adjacent to an activating group) is 1. The monoisotopic (exact) mass is 259 g/mol. The van der Waals surface area contributed by atoms with Gasteiger partial charge in [-0.1, -0.05) is 12.1 Å². The highest BCUT2D eigenvalue weighted by molar-refractivity contribution is 5.78. The second-order valence-electron chi connectivity index (χ2n) is 4.51. The number of nitrogen functional groups attached to an aromatic ring is 1. The van der Waals surface area contributed by atoms with Crippen molar-refractivity contribution in [2.75, 3.05) is 12.8 Å². The number of carbonyl (C=O) groups excluding carboxylic acids is 1. The molecule has 1 aromatic carbocycles. The van der Waals surface area contributed by atoms with E-state index in [4.69, 9.17) is 5.73 Å². The van der Waals surface area contributed by atoms with E-state index < -0.39 is 0 Å². The maximum atomic E-state index is 12.1. The number of carbonyl (C=O) groups is 1. The quantitative estimate of drug-likeness (QED) is 0.798. The summed E-state index contributed by atoms with van der Waals surface area (Å²) in [6.07, 6.45) is 0.324. The Balaban J connectivity index is 1.96. The van der Waals surface area contributed by atoms with Gasteiger partial charge in [0, 0.05) is 12.7 Å². The molecule has 1 aromatic heterocycles. The minimum Gasteiger partial charge on any atom is -0.399 e. The zero-order valence-electron chi connectivity index (χ0n) is 11.1. The number of aryl methyl sites for hydroxylation is 1. The highest BCUT2D eigenvalue weighted by atomic mass is 16.2. The molecule has 0 aliphatic rings. The molecule has 0 unspecified atom stereocenters. The first-order valence-corrected chi connectivity index (χ1v) is 6.01. The molecule has 3 N–H and O–H groups in total. The largest absolute Gasteiger partial charge is 0.399 e. The van der Waals surface area contributed by atoms with Crippen molar-refractivity contribution in [3.8, 4) is 0 Å². The van der Waals surface area contributed by atoms with E-state index in [9.17, 15) is 4.79 Å². The minimum absolute atomic E-state index is 0.00746. The molecule has 0 aliphatic carbocycles. The Morgan fingerprint density at radius 2 is 2.26 bits per heavy atom. The molecular weight excluding hydrogens is 242 g/mol. The Morgan fingerprint density at radius 3 is 2.89 bits per heavy atom. The molecule has 0 atom stereocenters. The number of aromatic nitrogens is 3. The average molecular weight is 259 g/mol. The van der Waals surface area contributed by atoms with E-state index >= 15 is 0 Å². The molecule has 0 bridgehead atoms. The van der Waals surface area contributed by atoms with Crippen LogP contribution in [-0.2, 0) is 17.8 Å². The van der Waals surface area contributed by atoms with Crippen LogP contribution in [0.3, 0.4) is 0 Å². The van der Waals surface area contributed by atoms with Gasteiger partial charge in [0.15, 0.2) is 5.82 Å². The first-order valence-electron chi connectivity index (χ1n) is 6.01.